The lowest BCUT2D eigenvalue weighted by Crippen LogP contribution is -2.28. The van der Waals surface area contributed by atoms with Gasteiger partial charge in [0, 0.05) is 12.1 Å². The van der Waals surface area contributed by atoms with Gasteiger partial charge in [-0.1, -0.05) is 19.4 Å². The van der Waals surface area contributed by atoms with E-state index in [0.717, 1.165) is 17.7 Å². The zero-order valence-electron chi connectivity index (χ0n) is 12.1. The number of fused-ring (bicyclic) bond motifs is 1. The summed E-state index contributed by atoms with van der Waals surface area (Å²) in [6, 6.07) is 7.90. The molecule has 1 fully saturated rings. The number of methoxy groups -OCH3 is 1. The van der Waals surface area contributed by atoms with Crippen LogP contribution in [0, 0.1) is 5.92 Å². The van der Waals surface area contributed by atoms with Crippen LogP contribution >= 0.6 is 0 Å². The molecule has 0 amide bonds. The summed E-state index contributed by atoms with van der Waals surface area (Å²) in [5, 5.41) is 3.88. The molecule has 0 aromatic heterocycles. The van der Waals surface area contributed by atoms with E-state index in [2.05, 4.69) is 30.4 Å². The highest BCUT2D eigenvalue weighted by Crippen LogP contribution is 2.39. The smallest absolute Gasteiger partial charge is 0.119 e. The van der Waals surface area contributed by atoms with Crippen LogP contribution in [-0.2, 0) is 6.42 Å². The van der Waals surface area contributed by atoms with Crippen molar-refractivity contribution in [3.8, 4) is 5.75 Å². The van der Waals surface area contributed by atoms with E-state index in [0.29, 0.717) is 6.04 Å². The van der Waals surface area contributed by atoms with Crippen molar-refractivity contribution in [2.45, 2.75) is 57.5 Å². The second-order valence-corrected chi connectivity index (χ2v) is 6.07. The van der Waals surface area contributed by atoms with Crippen LogP contribution in [0.4, 0.5) is 0 Å². The first kappa shape index (κ1) is 13.0. The van der Waals surface area contributed by atoms with Gasteiger partial charge in [-0.2, -0.15) is 0 Å². The molecule has 0 saturated heterocycles. The molecule has 1 saturated carbocycles. The Hall–Kier alpha value is -1.02. The lowest BCUT2D eigenvalue weighted by atomic mass is 9.87. The van der Waals surface area contributed by atoms with Crippen LogP contribution in [-0.4, -0.2) is 13.2 Å². The quantitative estimate of drug-likeness (QED) is 0.867. The highest BCUT2D eigenvalue weighted by atomic mass is 16.5. The third-order valence-electron chi connectivity index (χ3n) is 4.66. The Labute approximate surface area is 116 Å². The molecular weight excluding hydrogens is 234 g/mol. The number of hydrogen-bond donors (Lipinski definition) is 1. The van der Waals surface area contributed by atoms with Crippen molar-refractivity contribution >= 4 is 0 Å². The highest BCUT2D eigenvalue weighted by molar-refractivity contribution is 5.39. The van der Waals surface area contributed by atoms with E-state index < -0.39 is 0 Å². The summed E-state index contributed by atoms with van der Waals surface area (Å²) in [6.07, 6.45) is 7.88. The molecule has 19 heavy (non-hydrogen) atoms. The van der Waals surface area contributed by atoms with Gasteiger partial charge in [0.1, 0.15) is 5.75 Å². The first-order valence-corrected chi connectivity index (χ1v) is 7.74. The molecule has 0 aliphatic heterocycles. The second kappa shape index (κ2) is 5.54. The summed E-state index contributed by atoms with van der Waals surface area (Å²) in [6.45, 7) is 2.29. The topological polar surface area (TPSA) is 21.3 Å². The van der Waals surface area contributed by atoms with E-state index in [4.69, 9.17) is 4.74 Å². The SMILES string of the molecule is CCCC1CC1NC1CCCc2ccc(OC)cc21. The van der Waals surface area contributed by atoms with Gasteiger partial charge < -0.3 is 10.1 Å². The Morgan fingerprint density at radius 1 is 1.37 bits per heavy atom. The van der Waals surface area contributed by atoms with Gasteiger partial charge in [-0.3, -0.25) is 0 Å². The molecule has 1 aromatic rings. The molecule has 2 aliphatic rings. The number of rotatable bonds is 5. The fraction of sp³-hybridized carbons (Fsp3) is 0.647. The van der Waals surface area contributed by atoms with E-state index in [9.17, 15) is 0 Å². The van der Waals surface area contributed by atoms with Crippen LogP contribution in [0.25, 0.3) is 0 Å². The lowest BCUT2D eigenvalue weighted by molar-refractivity contribution is 0.406. The molecule has 2 nitrogen and oxygen atoms in total. The molecule has 2 aliphatic carbocycles. The number of aryl methyl sites for hydroxylation is 1. The number of benzene rings is 1. The first-order valence-electron chi connectivity index (χ1n) is 7.74. The zero-order valence-corrected chi connectivity index (χ0v) is 12.1. The first-order chi connectivity index (χ1) is 9.31. The third kappa shape index (κ3) is 2.79. The maximum Gasteiger partial charge on any atom is 0.119 e. The number of ether oxygens (including phenoxy) is 1. The van der Waals surface area contributed by atoms with Crippen molar-refractivity contribution in [2.24, 2.45) is 5.92 Å². The van der Waals surface area contributed by atoms with Crippen LogP contribution < -0.4 is 10.1 Å². The van der Waals surface area contributed by atoms with Gasteiger partial charge in [0.2, 0.25) is 0 Å². The number of hydrogen-bond acceptors (Lipinski definition) is 2. The van der Waals surface area contributed by atoms with Gasteiger partial charge in [0.25, 0.3) is 0 Å². The highest BCUT2D eigenvalue weighted by Gasteiger charge is 2.38. The summed E-state index contributed by atoms with van der Waals surface area (Å²) in [4.78, 5) is 0. The molecule has 104 valence electrons. The average molecular weight is 259 g/mol. The molecule has 0 radical (unpaired) electrons. The second-order valence-electron chi connectivity index (χ2n) is 6.07. The summed E-state index contributed by atoms with van der Waals surface area (Å²) in [7, 11) is 1.76. The summed E-state index contributed by atoms with van der Waals surface area (Å²) in [5.41, 5.74) is 2.99. The molecule has 0 heterocycles. The average Bonchev–Trinajstić information content (AvgIpc) is 3.17. The molecular formula is C17H25NO. The maximum absolute atomic E-state index is 5.38. The molecule has 3 atom stereocenters. The lowest BCUT2D eigenvalue weighted by Gasteiger charge is -2.27. The minimum absolute atomic E-state index is 0.547. The predicted molar refractivity (Wildman–Crippen MR) is 78.6 cm³/mol. The summed E-state index contributed by atoms with van der Waals surface area (Å²) in [5.74, 6) is 1.93. The van der Waals surface area contributed by atoms with Crippen LogP contribution in [0.1, 0.15) is 56.2 Å². The van der Waals surface area contributed by atoms with Gasteiger partial charge in [-0.25, -0.2) is 0 Å². The molecule has 1 aromatic carbocycles. The Kier molecular flexibility index (Phi) is 3.79. The Bertz CT molecular complexity index is 443. The normalized spacial score (nSPS) is 28.8. The minimum Gasteiger partial charge on any atom is -0.497 e. The summed E-state index contributed by atoms with van der Waals surface area (Å²) >= 11 is 0. The van der Waals surface area contributed by atoms with Crippen LogP contribution in [0.15, 0.2) is 18.2 Å². The zero-order chi connectivity index (χ0) is 13.2. The van der Waals surface area contributed by atoms with Crippen LogP contribution in [0.3, 0.4) is 0 Å². The van der Waals surface area contributed by atoms with E-state index in [1.807, 2.05) is 0 Å². The van der Waals surface area contributed by atoms with Crippen molar-refractivity contribution in [1.82, 2.24) is 5.32 Å². The molecule has 1 N–H and O–H groups in total. The van der Waals surface area contributed by atoms with Crippen molar-refractivity contribution in [3.63, 3.8) is 0 Å². The maximum atomic E-state index is 5.38. The minimum atomic E-state index is 0.547. The molecule has 3 unspecified atom stereocenters. The Morgan fingerprint density at radius 3 is 3.05 bits per heavy atom. The number of nitrogens with one attached hydrogen (secondary N) is 1. The van der Waals surface area contributed by atoms with Crippen molar-refractivity contribution in [2.75, 3.05) is 7.11 Å². The Balaban J connectivity index is 1.71. The van der Waals surface area contributed by atoms with Crippen molar-refractivity contribution < 1.29 is 4.74 Å². The molecule has 0 spiro atoms. The van der Waals surface area contributed by atoms with Gasteiger partial charge >= 0.3 is 0 Å². The predicted octanol–water partition coefficient (Wildman–Crippen LogP) is 3.85. The third-order valence-corrected chi connectivity index (χ3v) is 4.66. The summed E-state index contributed by atoms with van der Waals surface area (Å²) < 4.78 is 5.38. The van der Waals surface area contributed by atoms with Gasteiger partial charge in [-0.15, -0.1) is 0 Å². The van der Waals surface area contributed by atoms with Crippen LogP contribution in [0.2, 0.25) is 0 Å². The van der Waals surface area contributed by atoms with E-state index >= 15 is 0 Å². The van der Waals surface area contributed by atoms with Gasteiger partial charge in [-0.05, 0) is 61.3 Å². The molecule has 3 rings (SSSR count). The van der Waals surface area contributed by atoms with E-state index in [1.54, 1.807) is 7.11 Å². The van der Waals surface area contributed by atoms with Crippen molar-refractivity contribution in [1.29, 1.82) is 0 Å². The molecule has 2 heteroatoms. The van der Waals surface area contributed by atoms with Crippen molar-refractivity contribution in [3.05, 3.63) is 29.3 Å². The van der Waals surface area contributed by atoms with Crippen LogP contribution in [0.5, 0.6) is 5.75 Å². The van der Waals surface area contributed by atoms with E-state index in [-0.39, 0.29) is 0 Å². The fourth-order valence-corrected chi connectivity index (χ4v) is 3.48. The largest absolute Gasteiger partial charge is 0.497 e. The van der Waals surface area contributed by atoms with Gasteiger partial charge in [0.15, 0.2) is 0 Å². The van der Waals surface area contributed by atoms with Gasteiger partial charge in [0.05, 0.1) is 7.11 Å². The monoisotopic (exact) mass is 259 g/mol. The van der Waals surface area contributed by atoms with E-state index in [1.165, 1.54) is 49.7 Å². The fourth-order valence-electron chi connectivity index (χ4n) is 3.48. The standard InChI is InChI=1S/C17H25NO/c1-3-5-13-10-17(13)18-16-7-4-6-12-8-9-14(19-2)11-15(12)16/h8-9,11,13,16-18H,3-7,10H2,1-2H3. The Morgan fingerprint density at radius 2 is 2.26 bits per heavy atom. The molecule has 0 bridgehead atoms.